The summed E-state index contributed by atoms with van der Waals surface area (Å²) in [5.74, 6) is 1.61. The van der Waals surface area contributed by atoms with E-state index in [1.165, 1.54) is 0 Å². The zero-order chi connectivity index (χ0) is 13.9. The van der Waals surface area contributed by atoms with Crippen LogP contribution in [0.3, 0.4) is 0 Å². The SMILES string of the molecule is NCc1ccnc(N2CCCOc3ccccc32)c1Cl. The Balaban J connectivity index is 2.10. The molecule has 0 atom stereocenters. The Morgan fingerprint density at radius 3 is 3.00 bits per heavy atom. The van der Waals surface area contributed by atoms with Crippen LogP contribution in [-0.2, 0) is 6.54 Å². The maximum absolute atomic E-state index is 6.44. The summed E-state index contributed by atoms with van der Waals surface area (Å²) in [5.41, 5.74) is 7.62. The number of nitrogens with zero attached hydrogens (tertiary/aromatic N) is 2. The summed E-state index contributed by atoms with van der Waals surface area (Å²) < 4.78 is 5.76. The Morgan fingerprint density at radius 1 is 1.30 bits per heavy atom. The van der Waals surface area contributed by atoms with E-state index in [2.05, 4.69) is 9.88 Å². The lowest BCUT2D eigenvalue weighted by Crippen LogP contribution is -2.20. The topological polar surface area (TPSA) is 51.4 Å². The summed E-state index contributed by atoms with van der Waals surface area (Å²) >= 11 is 6.44. The average Bonchev–Trinajstić information content (AvgIpc) is 2.70. The number of rotatable bonds is 2. The number of fused-ring (bicyclic) bond motifs is 1. The molecule has 0 aliphatic carbocycles. The van der Waals surface area contributed by atoms with E-state index in [0.29, 0.717) is 18.2 Å². The van der Waals surface area contributed by atoms with E-state index in [1.54, 1.807) is 6.20 Å². The molecule has 1 aliphatic heterocycles. The van der Waals surface area contributed by atoms with Gasteiger partial charge in [0, 0.05) is 19.3 Å². The van der Waals surface area contributed by atoms with E-state index in [4.69, 9.17) is 22.1 Å². The van der Waals surface area contributed by atoms with Gasteiger partial charge in [-0.1, -0.05) is 23.7 Å². The van der Waals surface area contributed by atoms with Gasteiger partial charge in [0.2, 0.25) is 0 Å². The third-order valence-electron chi connectivity index (χ3n) is 3.37. The van der Waals surface area contributed by atoms with Gasteiger partial charge >= 0.3 is 0 Å². The van der Waals surface area contributed by atoms with Gasteiger partial charge in [0.25, 0.3) is 0 Å². The van der Waals surface area contributed by atoms with Gasteiger partial charge in [-0.15, -0.1) is 0 Å². The number of hydrogen-bond donors (Lipinski definition) is 1. The molecule has 1 aromatic heterocycles. The molecule has 0 radical (unpaired) electrons. The largest absolute Gasteiger partial charge is 0.491 e. The molecule has 4 nitrogen and oxygen atoms in total. The molecule has 20 heavy (non-hydrogen) atoms. The van der Waals surface area contributed by atoms with Gasteiger partial charge in [-0.05, 0) is 30.2 Å². The lowest BCUT2D eigenvalue weighted by atomic mass is 10.2. The minimum absolute atomic E-state index is 0.403. The van der Waals surface area contributed by atoms with Crippen LogP contribution in [0, 0.1) is 0 Å². The Labute approximate surface area is 123 Å². The molecular weight excluding hydrogens is 274 g/mol. The molecule has 2 heterocycles. The van der Waals surface area contributed by atoms with Gasteiger partial charge in [0.1, 0.15) is 5.75 Å². The number of ether oxygens (including phenoxy) is 1. The fourth-order valence-electron chi connectivity index (χ4n) is 2.36. The van der Waals surface area contributed by atoms with E-state index >= 15 is 0 Å². The molecule has 0 bridgehead atoms. The van der Waals surface area contributed by atoms with Gasteiger partial charge < -0.3 is 15.4 Å². The van der Waals surface area contributed by atoms with Crippen LogP contribution in [-0.4, -0.2) is 18.1 Å². The van der Waals surface area contributed by atoms with Gasteiger partial charge in [0.15, 0.2) is 5.82 Å². The number of nitrogens with two attached hydrogens (primary N) is 1. The van der Waals surface area contributed by atoms with Crippen LogP contribution in [0.2, 0.25) is 5.02 Å². The van der Waals surface area contributed by atoms with Crippen molar-refractivity contribution in [3.8, 4) is 5.75 Å². The molecule has 0 fully saturated rings. The molecule has 2 N–H and O–H groups in total. The second kappa shape index (κ2) is 5.69. The van der Waals surface area contributed by atoms with Crippen molar-refractivity contribution in [2.24, 2.45) is 5.73 Å². The second-order valence-corrected chi connectivity index (χ2v) is 5.01. The van der Waals surface area contributed by atoms with Gasteiger partial charge in [0.05, 0.1) is 17.3 Å². The third kappa shape index (κ3) is 2.32. The van der Waals surface area contributed by atoms with Gasteiger partial charge in [-0.25, -0.2) is 4.98 Å². The number of pyridine rings is 1. The monoisotopic (exact) mass is 289 g/mol. The van der Waals surface area contributed by atoms with Crippen LogP contribution < -0.4 is 15.4 Å². The van der Waals surface area contributed by atoms with Crippen molar-refractivity contribution in [3.05, 3.63) is 47.1 Å². The van der Waals surface area contributed by atoms with Crippen molar-refractivity contribution in [3.63, 3.8) is 0 Å². The lowest BCUT2D eigenvalue weighted by Gasteiger charge is -2.24. The van der Waals surface area contributed by atoms with E-state index in [-0.39, 0.29) is 0 Å². The first-order chi connectivity index (χ1) is 9.81. The van der Waals surface area contributed by atoms with Crippen molar-refractivity contribution in [1.29, 1.82) is 0 Å². The van der Waals surface area contributed by atoms with Crippen molar-refractivity contribution in [2.75, 3.05) is 18.1 Å². The van der Waals surface area contributed by atoms with Crippen LogP contribution in [0.5, 0.6) is 5.75 Å². The summed E-state index contributed by atoms with van der Waals surface area (Å²) in [5, 5.41) is 0.617. The Kier molecular flexibility index (Phi) is 3.76. The minimum Gasteiger partial charge on any atom is -0.491 e. The number of anilines is 2. The van der Waals surface area contributed by atoms with Crippen molar-refractivity contribution < 1.29 is 4.74 Å². The molecule has 0 spiro atoms. The van der Waals surface area contributed by atoms with E-state index < -0.39 is 0 Å². The van der Waals surface area contributed by atoms with Gasteiger partial charge in [-0.2, -0.15) is 0 Å². The molecular formula is C15H16ClN3O. The standard InChI is InChI=1S/C15H16ClN3O/c16-14-11(10-17)6-7-18-15(14)19-8-3-9-20-13-5-2-1-4-12(13)19/h1-2,4-7H,3,8-10,17H2. The highest BCUT2D eigenvalue weighted by molar-refractivity contribution is 6.33. The maximum atomic E-state index is 6.44. The van der Waals surface area contributed by atoms with E-state index in [1.807, 2.05) is 30.3 Å². The number of benzene rings is 1. The molecule has 1 aliphatic rings. The molecule has 104 valence electrons. The molecule has 0 saturated heterocycles. The third-order valence-corrected chi connectivity index (χ3v) is 3.78. The highest BCUT2D eigenvalue weighted by Crippen LogP contribution is 2.38. The highest BCUT2D eigenvalue weighted by atomic mass is 35.5. The van der Waals surface area contributed by atoms with Crippen LogP contribution >= 0.6 is 11.6 Å². The Morgan fingerprint density at radius 2 is 2.15 bits per heavy atom. The zero-order valence-corrected chi connectivity index (χ0v) is 11.8. The molecule has 3 rings (SSSR count). The predicted molar refractivity (Wildman–Crippen MR) is 80.7 cm³/mol. The average molecular weight is 290 g/mol. The molecule has 0 saturated carbocycles. The molecule has 1 aromatic carbocycles. The predicted octanol–water partition coefficient (Wildman–Crippen LogP) is 3.11. The fraction of sp³-hybridized carbons (Fsp3) is 0.267. The van der Waals surface area contributed by atoms with Crippen molar-refractivity contribution in [2.45, 2.75) is 13.0 Å². The first kappa shape index (κ1) is 13.2. The van der Waals surface area contributed by atoms with Crippen LogP contribution in [0.4, 0.5) is 11.5 Å². The maximum Gasteiger partial charge on any atom is 0.152 e. The summed E-state index contributed by atoms with van der Waals surface area (Å²) in [6.45, 7) is 1.92. The highest BCUT2D eigenvalue weighted by Gasteiger charge is 2.21. The number of hydrogen-bond acceptors (Lipinski definition) is 4. The quantitative estimate of drug-likeness (QED) is 0.923. The molecule has 0 amide bonds. The van der Waals surface area contributed by atoms with E-state index in [9.17, 15) is 0 Å². The van der Waals surface area contributed by atoms with Crippen molar-refractivity contribution >= 4 is 23.1 Å². The normalized spacial score (nSPS) is 14.4. The smallest absolute Gasteiger partial charge is 0.152 e. The summed E-state index contributed by atoms with van der Waals surface area (Å²) in [6.07, 6.45) is 2.66. The first-order valence-electron chi connectivity index (χ1n) is 6.64. The van der Waals surface area contributed by atoms with Gasteiger partial charge in [-0.3, -0.25) is 0 Å². The zero-order valence-electron chi connectivity index (χ0n) is 11.1. The van der Waals surface area contributed by atoms with Crippen LogP contribution in [0.1, 0.15) is 12.0 Å². The summed E-state index contributed by atoms with van der Waals surface area (Å²) in [6, 6.07) is 9.79. The number of aromatic nitrogens is 1. The molecule has 2 aromatic rings. The Hall–Kier alpha value is -1.78. The minimum atomic E-state index is 0.403. The summed E-state index contributed by atoms with van der Waals surface area (Å²) in [4.78, 5) is 6.53. The summed E-state index contributed by atoms with van der Waals surface area (Å²) in [7, 11) is 0. The molecule has 5 heteroatoms. The lowest BCUT2D eigenvalue weighted by molar-refractivity contribution is 0.322. The Bertz CT molecular complexity index is 618. The van der Waals surface area contributed by atoms with Crippen LogP contribution in [0.15, 0.2) is 36.5 Å². The second-order valence-electron chi connectivity index (χ2n) is 4.63. The number of para-hydroxylation sites is 2. The van der Waals surface area contributed by atoms with Crippen molar-refractivity contribution in [1.82, 2.24) is 4.98 Å². The number of halogens is 1. The fourth-order valence-corrected chi connectivity index (χ4v) is 2.66. The van der Waals surface area contributed by atoms with E-state index in [0.717, 1.165) is 35.8 Å². The molecule has 0 unspecified atom stereocenters. The first-order valence-corrected chi connectivity index (χ1v) is 7.02. The van der Waals surface area contributed by atoms with Crippen LogP contribution in [0.25, 0.3) is 0 Å².